The smallest absolute Gasteiger partial charge is 0.320 e. The molecule has 2 amide bonds. The van der Waals surface area contributed by atoms with Gasteiger partial charge in [-0.2, -0.15) is 0 Å². The van der Waals surface area contributed by atoms with E-state index in [0.29, 0.717) is 24.6 Å². The van der Waals surface area contributed by atoms with Crippen molar-refractivity contribution >= 4 is 11.7 Å². The number of anilines is 1. The van der Waals surface area contributed by atoms with Crippen LogP contribution in [-0.4, -0.2) is 51.0 Å². The van der Waals surface area contributed by atoms with Crippen LogP contribution in [0.5, 0.6) is 11.5 Å². The SMILES string of the molecule is COc1ccccc1OCNC(=O)N1CCN(c2ccccc2)CC1. The number of nitrogens with zero attached hydrogens (tertiary/aromatic N) is 2. The van der Waals surface area contributed by atoms with Gasteiger partial charge in [0.1, 0.15) is 0 Å². The second-order valence-electron chi connectivity index (χ2n) is 5.73. The summed E-state index contributed by atoms with van der Waals surface area (Å²) >= 11 is 0. The highest BCUT2D eigenvalue weighted by Gasteiger charge is 2.21. The highest BCUT2D eigenvalue weighted by Crippen LogP contribution is 2.25. The molecule has 3 rings (SSSR count). The van der Waals surface area contributed by atoms with Crippen molar-refractivity contribution < 1.29 is 14.3 Å². The van der Waals surface area contributed by atoms with Crippen LogP contribution in [0.2, 0.25) is 0 Å². The van der Waals surface area contributed by atoms with Crippen molar-refractivity contribution in [3.8, 4) is 11.5 Å². The summed E-state index contributed by atoms with van der Waals surface area (Å²) in [5.74, 6) is 1.26. The molecule has 2 aromatic carbocycles. The molecule has 1 fully saturated rings. The summed E-state index contributed by atoms with van der Waals surface area (Å²) in [5.41, 5.74) is 1.20. The van der Waals surface area contributed by atoms with Crippen LogP contribution in [0.4, 0.5) is 10.5 Å². The van der Waals surface area contributed by atoms with Gasteiger partial charge in [0, 0.05) is 31.9 Å². The van der Waals surface area contributed by atoms with Crippen molar-refractivity contribution in [1.82, 2.24) is 10.2 Å². The molecule has 2 aromatic rings. The molecule has 0 radical (unpaired) electrons. The minimum absolute atomic E-state index is 0.109. The normalized spacial score (nSPS) is 14.1. The third-order valence-corrected chi connectivity index (χ3v) is 4.21. The Morgan fingerprint density at radius 2 is 1.60 bits per heavy atom. The van der Waals surface area contributed by atoms with E-state index < -0.39 is 0 Å². The minimum atomic E-state index is -0.109. The number of para-hydroxylation sites is 3. The second-order valence-corrected chi connectivity index (χ2v) is 5.73. The van der Waals surface area contributed by atoms with Gasteiger partial charge >= 0.3 is 6.03 Å². The number of hydrogen-bond donors (Lipinski definition) is 1. The van der Waals surface area contributed by atoms with E-state index in [1.807, 2.05) is 47.4 Å². The van der Waals surface area contributed by atoms with Crippen LogP contribution < -0.4 is 19.7 Å². The molecule has 0 bridgehead atoms. The molecular formula is C19H23N3O3. The number of piperazine rings is 1. The molecule has 25 heavy (non-hydrogen) atoms. The van der Waals surface area contributed by atoms with E-state index in [4.69, 9.17) is 9.47 Å². The minimum Gasteiger partial charge on any atom is -0.493 e. The van der Waals surface area contributed by atoms with Crippen molar-refractivity contribution in [2.24, 2.45) is 0 Å². The summed E-state index contributed by atoms with van der Waals surface area (Å²) < 4.78 is 10.8. The Balaban J connectivity index is 1.44. The Bertz CT molecular complexity index is 685. The molecule has 1 aliphatic rings. The monoisotopic (exact) mass is 341 g/mol. The van der Waals surface area contributed by atoms with E-state index in [2.05, 4.69) is 22.3 Å². The molecule has 132 valence electrons. The van der Waals surface area contributed by atoms with E-state index in [9.17, 15) is 4.79 Å². The number of urea groups is 1. The lowest BCUT2D eigenvalue weighted by Gasteiger charge is -2.36. The predicted octanol–water partition coefficient (Wildman–Crippen LogP) is 2.56. The number of carbonyl (C=O) groups is 1. The number of carbonyl (C=O) groups excluding carboxylic acids is 1. The lowest BCUT2D eigenvalue weighted by Crippen LogP contribution is -2.52. The average molecular weight is 341 g/mol. The molecule has 1 heterocycles. The van der Waals surface area contributed by atoms with Gasteiger partial charge in [-0.25, -0.2) is 4.79 Å². The molecule has 1 saturated heterocycles. The quantitative estimate of drug-likeness (QED) is 0.849. The summed E-state index contributed by atoms with van der Waals surface area (Å²) in [5, 5.41) is 2.80. The number of hydrogen-bond acceptors (Lipinski definition) is 4. The molecule has 0 spiro atoms. The Morgan fingerprint density at radius 3 is 2.28 bits per heavy atom. The third-order valence-electron chi connectivity index (χ3n) is 4.21. The zero-order valence-electron chi connectivity index (χ0n) is 14.4. The van der Waals surface area contributed by atoms with Gasteiger partial charge in [0.15, 0.2) is 18.2 Å². The van der Waals surface area contributed by atoms with Crippen LogP contribution in [-0.2, 0) is 0 Å². The first-order valence-corrected chi connectivity index (χ1v) is 8.36. The number of methoxy groups -OCH3 is 1. The zero-order valence-corrected chi connectivity index (χ0v) is 14.4. The molecule has 6 heteroatoms. The molecule has 0 saturated carbocycles. The number of amides is 2. The Morgan fingerprint density at radius 1 is 0.960 bits per heavy atom. The fourth-order valence-corrected chi connectivity index (χ4v) is 2.83. The maximum absolute atomic E-state index is 12.3. The number of benzene rings is 2. The van der Waals surface area contributed by atoms with Gasteiger partial charge in [-0.1, -0.05) is 30.3 Å². The van der Waals surface area contributed by atoms with Gasteiger partial charge in [-0.15, -0.1) is 0 Å². The molecule has 1 aliphatic heterocycles. The van der Waals surface area contributed by atoms with E-state index in [1.165, 1.54) is 5.69 Å². The molecule has 1 N–H and O–H groups in total. The summed E-state index contributed by atoms with van der Waals surface area (Å²) in [7, 11) is 1.59. The fraction of sp³-hybridized carbons (Fsp3) is 0.316. The molecule has 0 aromatic heterocycles. The maximum Gasteiger partial charge on any atom is 0.320 e. The lowest BCUT2D eigenvalue weighted by molar-refractivity contribution is 0.180. The van der Waals surface area contributed by atoms with Crippen LogP contribution >= 0.6 is 0 Å². The molecule has 0 aliphatic carbocycles. The van der Waals surface area contributed by atoms with E-state index in [0.717, 1.165) is 13.1 Å². The van der Waals surface area contributed by atoms with Crippen LogP contribution in [0.25, 0.3) is 0 Å². The van der Waals surface area contributed by atoms with Crippen molar-refractivity contribution in [3.05, 3.63) is 54.6 Å². The molecule has 0 atom stereocenters. The molecule has 0 unspecified atom stereocenters. The van der Waals surface area contributed by atoms with E-state index in [-0.39, 0.29) is 12.8 Å². The summed E-state index contributed by atoms with van der Waals surface area (Å²) in [6, 6.07) is 17.5. The number of rotatable bonds is 5. The Hall–Kier alpha value is -2.89. The van der Waals surface area contributed by atoms with Crippen molar-refractivity contribution in [2.75, 3.05) is 44.9 Å². The third kappa shape index (κ3) is 4.35. The van der Waals surface area contributed by atoms with Crippen molar-refractivity contribution in [1.29, 1.82) is 0 Å². The van der Waals surface area contributed by atoms with Gasteiger partial charge in [-0.3, -0.25) is 0 Å². The van der Waals surface area contributed by atoms with Gasteiger partial charge < -0.3 is 24.6 Å². The average Bonchev–Trinajstić information content (AvgIpc) is 2.69. The Kier molecular flexibility index (Phi) is 5.61. The van der Waals surface area contributed by atoms with Crippen LogP contribution in [0.1, 0.15) is 0 Å². The second kappa shape index (κ2) is 8.28. The van der Waals surface area contributed by atoms with E-state index >= 15 is 0 Å². The number of ether oxygens (including phenoxy) is 2. The van der Waals surface area contributed by atoms with E-state index in [1.54, 1.807) is 7.11 Å². The maximum atomic E-state index is 12.3. The first kappa shape index (κ1) is 17.0. The standard InChI is InChI=1S/C19H23N3O3/c1-24-17-9-5-6-10-18(17)25-15-20-19(23)22-13-11-21(12-14-22)16-7-3-2-4-8-16/h2-10H,11-15H2,1H3,(H,20,23). The first-order valence-electron chi connectivity index (χ1n) is 8.36. The number of nitrogens with one attached hydrogen (secondary N) is 1. The van der Waals surface area contributed by atoms with Gasteiger partial charge in [0.2, 0.25) is 0 Å². The summed E-state index contributed by atoms with van der Waals surface area (Å²) in [4.78, 5) is 16.4. The fourth-order valence-electron chi connectivity index (χ4n) is 2.83. The molecule has 6 nitrogen and oxygen atoms in total. The zero-order chi connectivity index (χ0) is 17.5. The van der Waals surface area contributed by atoms with Crippen molar-refractivity contribution in [3.63, 3.8) is 0 Å². The highest BCUT2D eigenvalue weighted by atomic mass is 16.5. The van der Waals surface area contributed by atoms with Crippen LogP contribution in [0.15, 0.2) is 54.6 Å². The highest BCUT2D eigenvalue weighted by molar-refractivity contribution is 5.74. The largest absolute Gasteiger partial charge is 0.493 e. The topological polar surface area (TPSA) is 54.0 Å². The first-order chi connectivity index (χ1) is 12.3. The Labute approximate surface area is 147 Å². The van der Waals surface area contributed by atoms with Crippen LogP contribution in [0, 0.1) is 0 Å². The molecular weight excluding hydrogens is 318 g/mol. The predicted molar refractivity (Wildman–Crippen MR) is 97.2 cm³/mol. The van der Waals surface area contributed by atoms with Gasteiger partial charge in [0.05, 0.1) is 7.11 Å². The summed E-state index contributed by atoms with van der Waals surface area (Å²) in [6.45, 7) is 3.14. The van der Waals surface area contributed by atoms with Gasteiger partial charge in [-0.05, 0) is 24.3 Å². The van der Waals surface area contributed by atoms with Gasteiger partial charge in [0.25, 0.3) is 0 Å². The lowest BCUT2D eigenvalue weighted by atomic mass is 10.2. The van der Waals surface area contributed by atoms with Crippen molar-refractivity contribution in [2.45, 2.75) is 0 Å². The summed E-state index contributed by atoms with van der Waals surface area (Å²) in [6.07, 6.45) is 0. The van der Waals surface area contributed by atoms with Crippen LogP contribution in [0.3, 0.4) is 0 Å².